The van der Waals surface area contributed by atoms with E-state index in [-0.39, 0.29) is 16.2 Å². The molecule has 12 aromatic rings. The fourth-order valence-electron chi connectivity index (χ4n) is 11.6. The molecule has 446 valence electrons. The number of para-hydroxylation sites is 4. The Hall–Kier alpha value is -10.0. The molecule has 0 aliphatic rings. The van der Waals surface area contributed by atoms with Crippen molar-refractivity contribution in [3.05, 3.63) is 242 Å². The lowest BCUT2D eigenvalue weighted by Gasteiger charge is -2.26. The van der Waals surface area contributed by atoms with Crippen LogP contribution in [0, 0.1) is 5.41 Å². The highest BCUT2D eigenvalue weighted by molar-refractivity contribution is 6.12. The van der Waals surface area contributed by atoms with Crippen molar-refractivity contribution in [3.8, 4) is 44.5 Å². The zero-order valence-corrected chi connectivity index (χ0v) is 52.7. The van der Waals surface area contributed by atoms with Crippen LogP contribution in [0.25, 0.3) is 66.6 Å². The van der Waals surface area contributed by atoms with Gasteiger partial charge in [0.05, 0.1) is 25.3 Å². The molecule has 10 aromatic carbocycles. The third kappa shape index (κ3) is 13.0. The molecule has 11 nitrogen and oxygen atoms in total. The number of unbranched alkanes of at least 4 members (excludes halogenated alkanes) is 2. The minimum absolute atomic E-state index is 0.0497. The zero-order valence-electron chi connectivity index (χ0n) is 52.7. The van der Waals surface area contributed by atoms with Crippen LogP contribution in [-0.2, 0) is 23.9 Å². The lowest BCUT2D eigenvalue weighted by atomic mass is 9.85. The number of hydrogen-bond donors (Lipinski definition) is 1. The molecular formula is C78H79N11. The van der Waals surface area contributed by atoms with Gasteiger partial charge in [0, 0.05) is 56.4 Å². The number of nitrogens with zero attached hydrogens (tertiary/aromatic N) is 10. The van der Waals surface area contributed by atoms with Crippen LogP contribution in [0.2, 0.25) is 0 Å². The van der Waals surface area contributed by atoms with E-state index in [0.717, 1.165) is 109 Å². The number of hydrogen-bond acceptors (Lipinski definition) is 9. The van der Waals surface area contributed by atoms with Crippen LogP contribution in [0.3, 0.4) is 0 Å². The summed E-state index contributed by atoms with van der Waals surface area (Å²) in [6.45, 7) is 21.7. The van der Waals surface area contributed by atoms with Crippen LogP contribution in [0.15, 0.2) is 241 Å². The topological polar surface area (TPSA) is 119 Å². The maximum Gasteiger partial charge on any atom is 0.124 e. The summed E-state index contributed by atoms with van der Waals surface area (Å²) in [5.74, 6) is 0. The average molecular weight is 1170 g/mol. The second kappa shape index (κ2) is 25.0. The molecule has 11 heteroatoms. The molecule has 2 aromatic heterocycles. The van der Waals surface area contributed by atoms with E-state index in [0.29, 0.717) is 42.0 Å². The third-order valence-electron chi connectivity index (χ3n) is 16.4. The van der Waals surface area contributed by atoms with E-state index in [2.05, 4.69) is 278 Å². The lowest BCUT2D eigenvalue weighted by molar-refractivity contribution is 0.422. The summed E-state index contributed by atoms with van der Waals surface area (Å²) < 4.78 is 0. The van der Waals surface area contributed by atoms with Gasteiger partial charge in [0.2, 0.25) is 0 Å². The van der Waals surface area contributed by atoms with Crippen LogP contribution in [-0.4, -0.2) is 36.5 Å². The van der Waals surface area contributed by atoms with E-state index >= 15 is 0 Å². The summed E-state index contributed by atoms with van der Waals surface area (Å²) in [5.41, 5.74) is 28.4. The number of aryl methyl sites for hydroxylation is 2. The van der Waals surface area contributed by atoms with Gasteiger partial charge in [0.25, 0.3) is 0 Å². The van der Waals surface area contributed by atoms with Crippen molar-refractivity contribution in [2.24, 2.45) is 15.6 Å². The second-order valence-corrected chi connectivity index (χ2v) is 26.4. The number of aromatic nitrogens is 6. The summed E-state index contributed by atoms with van der Waals surface area (Å²) >= 11 is 0. The Kier molecular flexibility index (Phi) is 16.7. The molecule has 2 heterocycles. The van der Waals surface area contributed by atoms with Crippen LogP contribution in [0.5, 0.6) is 0 Å². The van der Waals surface area contributed by atoms with E-state index < -0.39 is 0 Å². The maximum absolute atomic E-state index is 7.58. The molecular weight excluding hydrogens is 1090 g/mol. The minimum Gasteiger partial charge on any atom is -0.396 e. The van der Waals surface area contributed by atoms with E-state index in [9.17, 15) is 0 Å². The number of nitrogen functional groups attached to an aromatic ring is 1. The van der Waals surface area contributed by atoms with Crippen LogP contribution in [0.1, 0.15) is 92.7 Å². The molecule has 0 saturated carbocycles. The number of fused-ring (bicyclic) bond motifs is 2. The molecule has 0 bridgehead atoms. The summed E-state index contributed by atoms with van der Waals surface area (Å²) in [4.78, 5) is 8.27. The lowest BCUT2D eigenvalue weighted by Crippen LogP contribution is -2.10. The highest BCUT2D eigenvalue weighted by Gasteiger charge is 2.27. The molecule has 0 spiro atoms. The van der Waals surface area contributed by atoms with Gasteiger partial charge in [0.1, 0.15) is 27.8 Å². The molecule has 0 aliphatic carbocycles. The van der Waals surface area contributed by atoms with Gasteiger partial charge in [-0.2, -0.15) is 40.2 Å². The Morgan fingerprint density at radius 1 is 0.360 bits per heavy atom. The van der Waals surface area contributed by atoms with E-state index in [1.54, 1.807) is 0 Å². The summed E-state index contributed by atoms with van der Waals surface area (Å²) in [7, 11) is 0. The van der Waals surface area contributed by atoms with Gasteiger partial charge in [-0.05, 0) is 142 Å². The summed E-state index contributed by atoms with van der Waals surface area (Å²) in [6, 6.07) is 81.2. The Labute approximate surface area is 524 Å². The molecule has 0 aliphatic heterocycles. The van der Waals surface area contributed by atoms with Gasteiger partial charge < -0.3 is 15.5 Å². The van der Waals surface area contributed by atoms with Crippen molar-refractivity contribution >= 4 is 67.6 Å². The molecule has 0 atom stereocenters. The standard InChI is InChI=1S/C78H79N11/c1-76(2,3)53-80-81-73-69(57-39-47-65(48-40-57)89(62-29-19-12-20-30-62)63-31-21-13-22-32-63)75-74(68(70(73)79)56-37-45-64(46-38-56)88(60-25-15-10-16-26-60)61-27-17-11-18-28-61)84-87(85-75)52-24-14-23-51-86-82-71-66(54-33-41-58(42-34-54)77(4,5)6)49-50-67(72(71)83-86)55-35-43-59(44-36-55)78(7,8)9/h10-13,15-22,25-50H,14,23-24,51-53,79H2,1-9H3/b81-80+. The van der Waals surface area contributed by atoms with Crippen molar-refractivity contribution < 1.29 is 0 Å². The van der Waals surface area contributed by atoms with E-state index in [1.165, 1.54) is 11.1 Å². The fourth-order valence-corrected chi connectivity index (χ4v) is 11.6. The second-order valence-electron chi connectivity index (χ2n) is 26.4. The molecule has 0 unspecified atom stereocenters. The Morgan fingerprint density at radius 3 is 1.04 bits per heavy atom. The molecule has 0 amide bonds. The predicted molar refractivity (Wildman–Crippen MR) is 371 cm³/mol. The SMILES string of the molecule is CC(C)(C)C/N=N/c1c(N)c(-c2ccc(N(c3ccccc3)c3ccccc3)cc2)c2nn(CCCCCn3nc4c(-c5ccc(C(C)(C)C)cc5)ccc(-c5ccc(C(C)(C)C)cc5)c4n3)nc2c1-c1ccc(N(c2ccccc2)c2ccccc2)cc1. The zero-order chi connectivity index (χ0) is 61.9. The number of nitrogens with two attached hydrogens (primary N) is 1. The van der Waals surface area contributed by atoms with Gasteiger partial charge in [0.15, 0.2) is 0 Å². The Morgan fingerprint density at radius 2 is 0.685 bits per heavy atom. The highest BCUT2D eigenvalue weighted by atomic mass is 15.5. The smallest absolute Gasteiger partial charge is 0.124 e. The number of azo groups is 1. The van der Waals surface area contributed by atoms with Crippen LogP contribution < -0.4 is 15.5 Å². The van der Waals surface area contributed by atoms with Gasteiger partial charge in [-0.3, -0.25) is 0 Å². The van der Waals surface area contributed by atoms with E-state index in [1.807, 2.05) is 33.9 Å². The van der Waals surface area contributed by atoms with Crippen LogP contribution >= 0.6 is 0 Å². The van der Waals surface area contributed by atoms with Crippen molar-refractivity contribution in [3.63, 3.8) is 0 Å². The van der Waals surface area contributed by atoms with Gasteiger partial charge in [-0.15, -0.1) is 0 Å². The van der Waals surface area contributed by atoms with Gasteiger partial charge in [-0.1, -0.05) is 220 Å². The molecule has 0 radical (unpaired) electrons. The largest absolute Gasteiger partial charge is 0.396 e. The predicted octanol–water partition coefficient (Wildman–Crippen LogP) is 21.0. The monoisotopic (exact) mass is 1170 g/mol. The maximum atomic E-state index is 7.58. The number of anilines is 7. The molecule has 89 heavy (non-hydrogen) atoms. The normalized spacial score (nSPS) is 12.1. The van der Waals surface area contributed by atoms with Gasteiger partial charge in [-0.25, -0.2) is 0 Å². The summed E-state index contributed by atoms with van der Waals surface area (Å²) in [5, 5.41) is 31.2. The first-order valence-corrected chi connectivity index (χ1v) is 31.1. The van der Waals surface area contributed by atoms with Crippen molar-refractivity contribution in [1.82, 2.24) is 30.0 Å². The highest BCUT2D eigenvalue weighted by Crippen LogP contribution is 2.49. The van der Waals surface area contributed by atoms with Crippen molar-refractivity contribution in [2.45, 2.75) is 105 Å². The quantitative estimate of drug-likeness (QED) is 0.0516. The Bertz CT molecular complexity index is 4210. The first-order valence-electron chi connectivity index (χ1n) is 31.1. The minimum atomic E-state index is -0.113. The van der Waals surface area contributed by atoms with Crippen molar-refractivity contribution in [2.75, 3.05) is 22.1 Å². The van der Waals surface area contributed by atoms with Crippen LogP contribution in [0.4, 0.5) is 45.5 Å². The van der Waals surface area contributed by atoms with Gasteiger partial charge >= 0.3 is 0 Å². The first-order chi connectivity index (χ1) is 42.9. The molecule has 2 N–H and O–H groups in total. The molecule has 12 rings (SSSR count). The fraction of sp³-hybridized carbons (Fsp3) is 0.231. The average Bonchev–Trinajstić information content (AvgIpc) is 1.82. The van der Waals surface area contributed by atoms with Crippen molar-refractivity contribution in [1.29, 1.82) is 0 Å². The number of rotatable bonds is 18. The molecule has 0 fully saturated rings. The first kappa shape index (κ1) is 59.3. The molecule has 0 saturated heterocycles. The summed E-state index contributed by atoms with van der Waals surface area (Å²) in [6.07, 6.45) is 2.58. The third-order valence-corrected chi connectivity index (χ3v) is 16.4. The van der Waals surface area contributed by atoms with E-state index in [4.69, 9.17) is 36.4 Å². The number of benzene rings is 10. The Balaban J connectivity index is 0.902.